The summed E-state index contributed by atoms with van der Waals surface area (Å²) in [7, 11) is 1.66. The summed E-state index contributed by atoms with van der Waals surface area (Å²) in [6.07, 6.45) is 1.75. The van der Waals surface area contributed by atoms with Gasteiger partial charge in [-0.25, -0.2) is 4.98 Å². The van der Waals surface area contributed by atoms with E-state index in [2.05, 4.69) is 104 Å². The van der Waals surface area contributed by atoms with Crippen molar-refractivity contribution in [2.45, 2.75) is 27.7 Å². The molecule has 0 fully saturated rings. The van der Waals surface area contributed by atoms with E-state index in [-0.39, 0.29) is 20.4 Å². The van der Waals surface area contributed by atoms with E-state index >= 15 is 0 Å². The molecule has 7 heteroatoms. The first-order valence-electron chi connectivity index (χ1n) is 16.3. The van der Waals surface area contributed by atoms with E-state index in [0.717, 1.165) is 56.0 Å². The van der Waals surface area contributed by atoms with Crippen molar-refractivity contribution in [3.05, 3.63) is 150 Å². The summed E-state index contributed by atoms with van der Waals surface area (Å²) in [5, 5.41) is 7.16. The van der Waals surface area contributed by atoms with Gasteiger partial charge in [0.25, 0.3) is 0 Å². The summed E-state index contributed by atoms with van der Waals surface area (Å²) in [5.41, 5.74) is 11.9. The minimum absolute atomic E-state index is 0. The van der Waals surface area contributed by atoms with Gasteiger partial charge < -0.3 is 14.0 Å². The van der Waals surface area contributed by atoms with Crippen molar-refractivity contribution in [3.8, 4) is 51.0 Å². The number of methoxy groups -OCH3 is 1. The third kappa shape index (κ3) is 5.79. The molecule has 0 N–H and O–H groups in total. The van der Waals surface area contributed by atoms with Crippen molar-refractivity contribution in [2.24, 2.45) is 0 Å². The Balaban J connectivity index is 0.00000392. The summed E-state index contributed by atoms with van der Waals surface area (Å²) in [6.45, 7) is 8.56. The second kappa shape index (κ2) is 13.4. The first-order valence-corrected chi connectivity index (χ1v) is 16.3. The smallest absolute Gasteiger partial charge is 0.509 e. The average Bonchev–Trinajstić information content (AvgIpc) is 3.61. The molecular weight excluding hydrogens is 711 g/mol. The van der Waals surface area contributed by atoms with Crippen LogP contribution in [-0.4, -0.2) is 26.4 Å². The van der Waals surface area contributed by atoms with Crippen LogP contribution in [0.4, 0.5) is 0 Å². The molecule has 8 aromatic rings. The molecule has 0 amide bonds. The number of ether oxygens (including phenoxy) is 2. The SMILES string of the molecule is COc1ccnc(-n2c3[c-]c(Oc4[c-]c(-n5nc(C)c(-c6c(C)cc(-c7ccccc7)cc6C)c5C)ccc4)ccc3c3ccccc32)c1.[Pd+2]. The van der Waals surface area contributed by atoms with Crippen LogP contribution in [0.15, 0.2) is 115 Å². The van der Waals surface area contributed by atoms with E-state index in [1.807, 2.05) is 59.3 Å². The Labute approximate surface area is 305 Å². The molecule has 248 valence electrons. The van der Waals surface area contributed by atoms with Crippen LogP contribution >= 0.6 is 0 Å². The molecule has 3 aromatic heterocycles. The minimum Gasteiger partial charge on any atom is -0.509 e. The molecule has 3 heterocycles. The quantitative estimate of drug-likeness (QED) is 0.120. The number of hydrogen-bond donors (Lipinski definition) is 0. The van der Waals surface area contributed by atoms with Gasteiger partial charge in [-0.2, -0.15) is 17.2 Å². The molecular formula is C43H34N4O2Pd. The van der Waals surface area contributed by atoms with E-state index in [9.17, 15) is 0 Å². The summed E-state index contributed by atoms with van der Waals surface area (Å²) >= 11 is 0. The van der Waals surface area contributed by atoms with Crippen molar-refractivity contribution in [1.29, 1.82) is 0 Å². The zero-order chi connectivity index (χ0) is 33.6. The topological polar surface area (TPSA) is 54.1 Å². The van der Waals surface area contributed by atoms with Crippen LogP contribution in [0.2, 0.25) is 0 Å². The van der Waals surface area contributed by atoms with E-state index in [4.69, 9.17) is 14.6 Å². The first kappa shape index (κ1) is 33.0. The van der Waals surface area contributed by atoms with Crippen LogP contribution in [0.1, 0.15) is 22.5 Å². The molecule has 5 aromatic carbocycles. The second-order valence-corrected chi connectivity index (χ2v) is 12.3. The molecule has 6 nitrogen and oxygen atoms in total. The molecule has 0 spiro atoms. The van der Waals surface area contributed by atoms with Crippen LogP contribution in [0.5, 0.6) is 17.2 Å². The first-order chi connectivity index (χ1) is 23.9. The van der Waals surface area contributed by atoms with Crippen LogP contribution in [0.3, 0.4) is 0 Å². The van der Waals surface area contributed by atoms with Gasteiger partial charge in [-0.05, 0) is 78.7 Å². The monoisotopic (exact) mass is 744 g/mol. The van der Waals surface area contributed by atoms with Crippen molar-refractivity contribution >= 4 is 21.8 Å². The molecule has 0 unspecified atom stereocenters. The number of para-hydroxylation sites is 1. The molecule has 8 rings (SSSR count). The second-order valence-electron chi connectivity index (χ2n) is 12.3. The Kier molecular flexibility index (Phi) is 8.88. The van der Waals surface area contributed by atoms with Gasteiger partial charge in [0, 0.05) is 40.5 Å². The maximum Gasteiger partial charge on any atom is 2.00 e. The van der Waals surface area contributed by atoms with E-state index in [1.165, 1.54) is 27.8 Å². The molecule has 0 aliphatic heterocycles. The van der Waals surface area contributed by atoms with Gasteiger partial charge in [-0.3, -0.25) is 4.68 Å². The van der Waals surface area contributed by atoms with Crippen molar-refractivity contribution < 1.29 is 29.9 Å². The Hall–Kier alpha value is -5.48. The number of hydrogen-bond acceptors (Lipinski definition) is 4. The van der Waals surface area contributed by atoms with Crippen LogP contribution < -0.4 is 9.47 Å². The van der Waals surface area contributed by atoms with Crippen LogP contribution in [0.25, 0.3) is 55.6 Å². The Morgan fingerprint density at radius 2 is 1.40 bits per heavy atom. The Morgan fingerprint density at radius 1 is 0.660 bits per heavy atom. The third-order valence-electron chi connectivity index (χ3n) is 9.12. The van der Waals surface area contributed by atoms with Gasteiger partial charge in [0.05, 0.1) is 12.8 Å². The van der Waals surface area contributed by atoms with Crippen molar-refractivity contribution in [1.82, 2.24) is 19.3 Å². The fourth-order valence-corrected chi connectivity index (χ4v) is 6.95. The number of benzene rings is 5. The Morgan fingerprint density at radius 3 is 2.18 bits per heavy atom. The molecule has 0 aliphatic carbocycles. The van der Waals surface area contributed by atoms with Gasteiger partial charge in [0.15, 0.2) is 0 Å². The Bertz CT molecular complexity index is 2490. The normalized spacial score (nSPS) is 11.1. The van der Waals surface area contributed by atoms with Crippen molar-refractivity contribution in [3.63, 3.8) is 0 Å². The van der Waals surface area contributed by atoms with E-state index in [0.29, 0.717) is 11.5 Å². The standard InChI is InChI=1S/C43H34N4O2.Pd/c1-27-22-32(31-12-7-6-8-13-31)23-28(2)42(27)43-29(3)45-47(30(43)4)33-14-11-15-35(24-33)49-36-18-19-38-37-16-9-10-17-39(37)46(40(38)25-36)41-26-34(48-5)20-21-44-41;/h6-23,26H,1-5H3;/q-2;+2. The number of nitrogens with zero attached hydrogens (tertiary/aromatic N) is 4. The van der Waals surface area contributed by atoms with Crippen LogP contribution in [-0.2, 0) is 20.4 Å². The summed E-state index contributed by atoms with van der Waals surface area (Å²) in [5.74, 6) is 2.63. The largest absolute Gasteiger partial charge is 2.00 e. The summed E-state index contributed by atoms with van der Waals surface area (Å²) in [6, 6.07) is 44.0. The molecule has 0 bridgehead atoms. The molecule has 0 radical (unpaired) electrons. The maximum atomic E-state index is 6.42. The average molecular weight is 745 g/mol. The zero-order valence-corrected chi connectivity index (χ0v) is 29.9. The van der Waals surface area contributed by atoms with Crippen LogP contribution in [0, 0.1) is 39.8 Å². The predicted octanol–water partition coefficient (Wildman–Crippen LogP) is 10.3. The van der Waals surface area contributed by atoms with Gasteiger partial charge in [-0.1, -0.05) is 66.2 Å². The van der Waals surface area contributed by atoms with Crippen molar-refractivity contribution in [2.75, 3.05) is 7.11 Å². The number of pyridine rings is 1. The third-order valence-corrected chi connectivity index (χ3v) is 9.12. The van der Waals surface area contributed by atoms with E-state index < -0.39 is 0 Å². The molecule has 0 atom stereocenters. The number of aromatic nitrogens is 4. The number of rotatable bonds is 7. The minimum atomic E-state index is 0. The molecule has 50 heavy (non-hydrogen) atoms. The number of fused-ring (bicyclic) bond motifs is 3. The fourth-order valence-electron chi connectivity index (χ4n) is 6.95. The van der Waals surface area contributed by atoms with Gasteiger partial charge in [0.2, 0.25) is 0 Å². The van der Waals surface area contributed by atoms with Gasteiger partial charge in [0.1, 0.15) is 11.6 Å². The molecule has 0 saturated carbocycles. The van der Waals surface area contributed by atoms with E-state index in [1.54, 1.807) is 13.3 Å². The zero-order valence-electron chi connectivity index (χ0n) is 28.4. The number of aryl methyl sites for hydroxylation is 3. The molecule has 0 saturated heterocycles. The van der Waals surface area contributed by atoms with Gasteiger partial charge >= 0.3 is 20.4 Å². The fraction of sp³-hybridized carbons (Fsp3) is 0.116. The predicted molar refractivity (Wildman–Crippen MR) is 196 cm³/mol. The summed E-state index contributed by atoms with van der Waals surface area (Å²) in [4.78, 5) is 4.66. The maximum absolute atomic E-state index is 6.42. The molecule has 0 aliphatic rings. The summed E-state index contributed by atoms with van der Waals surface area (Å²) < 4.78 is 16.0. The van der Waals surface area contributed by atoms with Gasteiger partial charge in [-0.15, -0.1) is 35.7 Å².